The van der Waals surface area contributed by atoms with Gasteiger partial charge in [0, 0.05) is 6.04 Å². The summed E-state index contributed by atoms with van der Waals surface area (Å²) >= 11 is 0. The summed E-state index contributed by atoms with van der Waals surface area (Å²) in [4.78, 5) is 21.8. The van der Waals surface area contributed by atoms with Gasteiger partial charge in [-0.3, -0.25) is 9.59 Å². The third kappa shape index (κ3) is 1.22. The van der Waals surface area contributed by atoms with Gasteiger partial charge >= 0.3 is 0 Å². The van der Waals surface area contributed by atoms with Gasteiger partial charge in [-0.15, -0.1) is 0 Å². The van der Waals surface area contributed by atoms with Gasteiger partial charge in [0.2, 0.25) is 0 Å². The number of rotatable bonds is 2. The van der Waals surface area contributed by atoms with Crippen molar-refractivity contribution in [3.8, 4) is 0 Å². The molecule has 1 fully saturated rings. The molecule has 0 amide bonds. The second kappa shape index (κ2) is 2.87. The monoisotopic (exact) mass is 180 g/mol. The van der Waals surface area contributed by atoms with Crippen LogP contribution in [-0.2, 0) is 0 Å². The molecule has 1 aromatic rings. The average molecular weight is 180 g/mol. The summed E-state index contributed by atoms with van der Waals surface area (Å²) in [5.74, 6) is 0. The highest BCUT2D eigenvalue weighted by Gasteiger charge is 2.22. The van der Waals surface area contributed by atoms with E-state index in [0.717, 1.165) is 12.8 Å². The van der Waals surface area contributed by atoms with Crippen molar-refractivity contribution in [2.24, 2.45) is 0 Å². The molecule has 0 atom stereocenters. The number of nitrogen functional groups attached to an aromatic ring is 1. The van der Waals surface area contributed by atoms with Crippen molar-refractivity contribution in [1.82, 2.24) is 0 Å². The zero-order valence-electron chi connectivity index (χ0n) is 7.30. The molecule has 70 valence electrons. The molecular weight excluding hydrogens is 168 g/mol. The first-order valence-electron chi connectivity index (χ1n) is 4.55. The van der Waals surface area contributed by atoms with E-state index in [1.54, 1.807) is 0 Å². The molecule has 0 heterocycles. The van der Waals surface area contributed by atoms with Gasteiger partial charge in [-0.25, -0.2) is 0 Å². The van der Waals surface area contributed by atoms with Crippen molar-refractivity contribution in [1.29, 1.82) is 0 Å². The van der Waals surface area contributed by atoms with Crippen molar-refractivity contribution in [3.05, 3.63) is 20.4 Å². The lowest BCUT2D eigenvalue weighted by Crippen LogP contribution is -2.38. The summed E-state index contributed by atoms with van der Waals surface area (Å²) in [5, 5.41) is 3.03. The van der Waals surface area contributed by atoms with Gasteiger partial charge in [0.1, 0.15) is 11.4 Å². The molecule has 4 nitrogen and oxygen atoms in total. The molecule has 1 saturated carbocycles. The van der Waals surface area contributed by atoms with E-state index >= 15 is 0 Å². The largest absolute Gasteiger partial charge is 0.394 e. The lowest BCUT2D eigenvalue weighted by molar-refractivity contribution is 0.753. The first kappa shape index (κ1) is 8.29. The van der Waals surface area contributed by atoms with Crippen LogP contribution in [0.25, 0.3) is 0 Å². The number of hydrogen-bond acceptors (Lipinski definition) is 4. The first-order valence-corrected chi connectivity index (χ1v) is 4.55. The second-order valence-electron chi connectivity index (χ2n) is 3.57. The van der Waals surface area contributed by atoms with Gasteiger partial charge in [-0.2, -0.15) is 0 Å². The lowest BCUT2D eigenvalue weighted by Gasteiger charge is -2.15. The highest BCUT2D eigenvalue weighted by atomic mass is 16.2. The SMILES string of the molecule is Nc1c(NC2CCCC2)c(=O)c1=O. The Kier molecular flexibility index (Phi) is 1.83. The predicted octanol–water partition coefficient (Wildman–Crippen LogP) is 0.219. The van der Waals surface area contributed by atoms with Gasteiger partial charge in [0.15, 0.2) is 0 Å². The van der Waals surface area contributed by atoms with Crippen molar-refractivity contribution >= 4 is 11.4 Å². The van der Waals surface area contributed by atoms with Crippen LogP contribution in [0.1, 0.15) is 25.7 Å². The number of nitrogens with two attached hydrogens (primary N) is 1. The topological polar surface area (TPSA) is 72.2 Å². The molecular formula is C9H12N2O2. The minimum absolute atomic E-state index is 0.108. The van der Waals surface area contributed by atoms with Crippen LogP contribution in [-0.4, -0.2) is 6.04 Å². The molecule has 0 unspecified atom stereocenters. The molecule has 1 aliphatic carbocycles. The number of hydrogen-bond donors (Lipinski definition) is 2. The molecule has 4 heteroatoms. The normalized spacial score (nSPS) is 18.2. The Morgan fingerprint density at radius 1 is 1.15 bits per heavy atom. The van der Waals surface area contributed by atoms with Gasteiger partial charge in [-0.1, -0.05) is 12.8 Å². The maximum atomic E-state index is 11.0. The molecule has 1 aliphatic rings. The van der Waals surface area contributed by atoms with E-state index in [-0.39, 0.29) is 5.69 Å². The second-order valence-corrected chi connectivity index (χ2v) is 3.57. The Bertz CT molecular complexity index is 384. The third-order valence-electron chi connectivity index (χ3n) is 2.65. The zero-order chi connectivity index (χ0) is 9.42. The Morgan fingerprint density at radius 2 is 1.77 bits per heavy atom. The Hall–Kier alpha value is -1.32. The molecule has 0 saturated heterocycles. The zero-order valence-corrected chi connectivity index (χ0v) is 7.30. The van der Waals surface area contributed by atoms with Crippen LogP contribution < -0.4 is 21.9 Å². The summed E-state index contributed by atoms with van der Waals surface area (Å²) in [7, 11) is 0. The van der Waals surface area contributed by atoms with Crippen LogP contribution in [0.15, 0.2) is 9.59 Å². The summed E-state index contributed by atoms with van der Waals surface area (Å²) in [6, 6.07) is 0.339. The number of anilines is 2. The highest BCUT2D eigenvalue weighted by Crippen LogP contribution is 2.22. The molecule has 0 aromatic heterocycles. The van der Waals surface area contributed by atoms with E-state index in [1.165, 1.54) is 12.8 Å². The van der Waals surface area contributed by atoms with E-state index in [4.69, 9.17) is 5.73 Å². The molecule has 1 aromatic carbocycles. The molecule has 3 N–H and O–H groups in total. The third-order valence-corrected chi connectivity index (χ3v) is 2.65. The average Bonchev–Trinajstić information content (AvgIpc) is 2.65. The van der Waals surface area contributed by atoms with Crippen molar-refractivity contribution in [2.45, 2.75) is 31.7 Å². The molecule has 0 spiro atoms. The Balaban J connectivity index is 2.10. The van der Waals surface area contributed by atoms with Crippen LogP contribution in [0.3, 0.4) is 0 Å². The maximum Gasteiger partial charge on any atom is 0.253 e. The van der Waals surface area contributed by atoms with Crippen molar-refractivity contribution < 1.29 is 0 Å². The van der Waals surface area contributed by atoms with E-state index < -0.39 is 10.9 Å². The molecule has 13 heavy (non-hydrogen) atoms. The minimum Gasteiger partial charge on any atom is -0.394 e. The standard InChI is InChI=1S/C9H12N2O2/c10-6-7(9(13)8(6)12)11-5-3-1-2-4-5/h5,11H,1-4,10H2. The van der Waals surface area contributed by atoms with Crippen LogP contribution in [0, 0.1) is 0 Å². The Labute approximate surface area is 75.4 Å². The van der Waals surface area contributed by atoms with Crippen LogP contribution in [0.2, 0.25) is 0 Å². The fraction of sp³-hybridized carbons (Fsp3) is 0.556. The molecule has 0 bridgehead atoms. The van der Waals surface area contributed by atoms with E-state index in [1.807, 2.05) is 0 Å². The van der Waals surface area contributed by atoms with Crippen molar-refractivity contribution in [3.63, 3.8) is 0 Å². The number of nitrogens with one attached hydrogen (secondary N) is 1. The fourth-order valence-electron chi connectivity index (χ4n) is 1.83. The molecule has 0 aliphatic heterocycles. The van der Waals surface area contributed by atoms with Crippen LogP contribution in [0.5, 0.6) is 0 Å². The minimum atomic E-state index is -0.541. The molecule has 2 rings (SSSR count). The van der Waals surface area contributed by atoms with Gasteiger partial charge in [-0.05, 0) is 12.8 Å². The highest BCUT2D eigenvalue weighted by molar-refractivity contribution is 5.71. The van der Waals surface area contributed by atoms with E-state index in [0.29, 0.717) is 11.7 Å². The Morgan fingerprint density at radius 3 is 2.31 bits per heavy atom. The van der Waals surface area contributed by atoms with Gasteiger partial charge < -0.3 is 11.1 Å². The first-order chi connectivity index (χ1) is 6.20. The van der Waals surface area contributed by atoms with Crippen molar-refractivity contribution in [2.75, 3.05) is 11.1 Å². The fourth-order valence-corrected chi connectivity index (χ4v) is 1.83. The lowest BCUT2D eigenvalue weighted by atomic mass is 10.1. The van der Waals surface area contributed by atoms with Gasteiger partial charge in [0.25, 0.3) is 10.9 Å². The predicted molar refractivity (Wildman–Crippen MR) is 51.6 cm³/mol. The summed E-state index contributed by atoms with van der Waals surface area (Å²) in [6.07, 6.45) is 4.51. The maximum absolute atomic E-state index is 11.0. The quantitative estimate of drug-likeness (QED) is 0.638. The summed E-state index contributed by atoms with van der Waals surface area (Å²) in [5.41, 5.74) is 4.84. The summed E-state index contributed by atoms with van der Waals surface area (Å²) in [6.45, 7) is 0. The van der Waals surface area contributed by atoms with E-state index in [2.05, 4.69) is 5.32 Å². The smallest absolute Gasteiger partial charge is 0.253 e. The van der Waals surface area contributed by atoms with Gasteiger partial charge in [0.05, 0.1) is 0 Å². The molecule has 0 radical (unpaired) electrons. The van der Waals surface area contributed by atoms with Crippen LogP contribution in [0.4, 0.5) is 11.4 Å². The summed E-state index contributed by atoms with van der Waals surface area (Å²) < 4.78 is 0. The van der Waals surface area contributed by atoms with E-state index in [9.17, 15) is 9.59 Å². The van der Waals surface area contributed by atoms with Crippen LogP contribution >= 0.6 is 0 Å².